The Labute approximate surface area is 149 Å². The van der Waals surface area contributed by atoms with Crippen molar-refractivity contribution >= 4 is 27.9 Å². The first-order chi connectivity index (χ1) is 11.4. The highest BCUT2D eigenvalue weighted by Crippen LogP contribution is 2.28. The van der Waals surface area contributed by atoms with Crippen molar-refractivity contribution in [2.45, 2.75) is 37.8 Å². The minimum Gasteiger partial charge on any atom is -0.391 e. The third-order valence-electron chi connectivity index (χ3n) is 4.28. The normalized spacial score (nSPS) is 17.9. The van der Waals surface area contributed by atoms with Gasteiger partial charge in [-0.1, -0.05) is 28.1 Å². The lowest BCUT2D eigenvalue weighted by Crippen LogP contribution is -2.56. The zero-order valence-electron chi connectivity index (χ0n) is 13.4. The van der Waals surface area contributed by atoms with E-state index in [4.69, 9.17) is 5.21 Å². The molecule has 0 radical (unpaired) electrons. The molecule has 0 aliphatic carbocycles. The van der Waals surface area contributed by atoms with Gasteiger partial charge in [-0.3, -0.25) is 10.0 Å². The number of piperidine rings is 1. The van der Waals surface area contributed by atoms with E-state index in [1.807, 2.05) is 12.1 Å². The van der Waals surface area contributed by atoms with E-state index in [0.717, 1.165) is 17.3 Å². The Balaban J connectivity index is 1.90. The molecule has 2 atom stereocenters. The second kappa shape index (κ2) is 8.46. The lowest BCUT2D eigenvalue weighted by molar-refractivity contribution is -0.133. The summed E-state index contributed by atoms with van der Waals surface area (Å²) in [6.45, 7) is 2.51. The number of hydrogen-bond acceptors (Lipinski definition) is 4. The van der Waals surface area contributed by atoms with Gasteiger partial charge in [-0.05, 0) is 43.4 Å². The van der Waals surface area contributed by atoms with Crippen LogP contribution in [0.2, 0.25) is 0 Å². The van der Waals surface area contributed by atoms with E-state index < -0.39 is 24.1 Å². The minimum atomic E-state index is -1.19. The van der Waals surface area contributed by atoms with E-state index >= 15 is 0 Å². The van der Waals surface area contributed by atoms with E-state index in [0.29, 0.717) is 19.0 Å². The van der Waals surface area contributed by atoms with Crippen LogP contribution in [0.4, 0.5) is 4.79 Å². The van der Waals surface area contributed by atoms with Crippen LogP contribution in [-0.4, -0.2) is 52.4 Å². The van der Waals surface area contributed by atoms with Gasteiger partial charge in [0.15, 0.2) is 0 Å². The van der Waals surface area contributed by atoms with Crippen LogP contribution in [0, 0.1) is 0 Å². The molecular formula is C16H22BrN3O4. The van der Waals surface area contributed by atoms with Crippen LogP contribution in [0.3, 0.4) is 0 Å². The number of urea groups is 1. The molecule has 0 spiro atoms. The number of benzene rings is 1. The van der Waals surface area contributed by atoms with Crippen LogP contribution in [0.25, 0.3) is 0 Å². The summed E-state index contributed by atoms with van der Waals surface area (Å²) < 4.78 is 1.04. The predicted octanol–water partition coefficient (Wildman–Crippen LogP) is 1.59. The summed E-state index contributed by atoms with van der Waals surface area (Å²) in [5.41, 5.74) is 2.70. The number of carbonyl (C=O) groups is 2. The summed E-state index contributed by atoms with van der Waals surface area (Å²) in [5.74, 6) is -0.446. The Hall–Kier alpha value is -1.64. The summed E-state index contributed by atoms with van der Waals surface area (Å²) in [7, 11) is 0. The Morgan fingerprint density at radius 3 is 2.33 bits per heavy atom. The van der Waals surface area contributed by atoms with Crippen molar-refractivity contribution in [3.63, 3.8) is 0 Å². The quantitative estimate of drug-likeness (QED) is 0.456. The number of carbonyl (C=O) groups excluding carboxylic acids is 2. The average Bonchev–Trinajstić information content (AvgIpc) is 2.59. The Morgan fingerprint density at radius 2 is 1.83 bits per heavy atom. The lowest BCUT2D eigenvalue weighted by atomic mass is 9.89. The highest BCUT2D eigenvalue weighted by molar-refractivity contribution is 9.10. The fourth-order valence-corrected chi connectivity index (χ4v) is 3.11. The summed E-state index contributed by atoms with van der Waals surface area (Å²) in [4.78, 5) is 25.4. The van der Waals surface area contributed by atoms with Gasteiger partial charge in [0, 0.05) is 17.6 Å². The van der Waals surface area contributed by atoms with E-state index in [1.54, 1.807) is 4.90 Å². The first-order valence-electron chi connectivity index (χ1n) is 7.85. The van der Waals surface area contributed by atoms with Gasteiger partial charge in [0.25, 0.3) is 5.91 Å². The van der Waals surface area contributed by atoms with E-state index in [9.17, 15) is 14.7 Å². The average molecular weight is 400 g/mol. The molecule has 1 saturated heterocycles. The van der Waals surface area contributed by atoms with Crippen molar-refractivity contribution in [2.75, 3.05) is 13.1 Å². The number of aliphatic hydroxyl groups is 1. The highest BCUT2D eigenvalue weighted by atomic mass is 79.9. The molecule has 0 unspecified atom stereocenters. The fourth-order valence-electron chi connectivity index (χ4n) is 2.85. The molecule has 7 nitrogen and oxygen atoms in total. The molecule has 3 amide bonds. The molecule has 1 aromatic rings. The molecule has 1 aromatic carbocycles. The number of hydroxylamine groups is 1. The SMILES string of the molecule is C[C@H](O)[C@@H](NC(=O)N1CCC(c2ccc(Br)cc2)CC1)C(=O)NO. The van der Waals surface area contributed by atoms with Crippen LogP contribution >= 0.6 is 15.9 Å². The molecule has 4 N–H and O–H groups in total. The summed E-state index contributed by atoms with van der Waals surface area (Å²) in [6, 6.07) is 6.58. The monoisotopic (exact) mass is 399 g/mol. The molecule has 1 fully saturated rings. The van der Waals surface area contributed by atoms with Crippen LogP contribution in [-0.2, 0) is 4.79 Å². The topological polar surface area (TPSA) is 102 Å². The fraction of sp³-hybridized carbons (Fsp3) is 0.500. The molecule has 1 aliphatic heterocycles. The first-order valence-corrected chi connectivity index (χ1v) is 8.64. The van der Waals surface area contributed by atoms with E-state index in [-0.39, 0.29) is 0 Å². The van der Waals surface area contributed by atoms with Crippen LogP contribution in [0.15, 0.2) is 28.7 Å². The highest BCUT2D eigenvalue weighted by Gasteiger charge is 2.29. The Bertz CT molecular complexity index is 571. The van der Waals surface area contributed by atoms with Crippen molar-refractivity contribution in [1.29, 1.82) is 0 Å². The number of rotatable bonds is 4. The standard InChI is InChI=1S/C16H22BrN3O4/c1-10(21)14(15(22)19-24)18-16(23)20-8-6-12(7-9-20)11-2-4-13(17)5-3-11/h2-5,10,12,14,21,24H,6-9H2,1H3,(H,18,23)(H,19,22)/t10-,14+/m0/s1. The summed E-state index contributed by atoms with van der Waals surface area (Å²) in [6.07, 6.45) is 0.558. The van der Waals surface area contributed by atoms with Gasteiger partial charge in [-0.25, -0.2) is 10.3 Å². The second-order valence-corrected chi connectivity index (χ2v) is 6.87. The van der Waals surface area contributed by atoms with Gasteiger partial charge in [-0.2, -0.15) is 0 Å². The van der Waals surface area contributed by atoms with Crippen molar-refractivity contribution < 1.29 is 19.9 Å². The van der Waals surface area contributed by atoms with Gasteiger partial charge in [0.2, 0.25) is 0 Å². The maximum atomic E-state index is 12.3. The molecule has 1 heterocycles. The molecule has 0 aromatic heterocycles. The van der Waals surface area contributed by atoms with E-state index in [2.05, 4.69) is 33.4 Å². The smallest absolute Gasteiger partial charge is 0.318 e. The predicted molar refractivity (Wildman–Crippen MR) is 91.6 cm³/mol. The minimum absolute atomic E-state index is 0.399. The van der Waals surface area contributed by atoms with Crippen molar-refractivity contribution in [1.82, 2.24) is 15.7 Å². The molecule has 0 saturated carbocycles. The zero-order chi connectivity index (χ0) is 17.7. The van der Waals surface area contributed by atoms with Gasteiger partial charge in [0.1, 0.15) is 6.04 Å². The number of hydrogen-bond donors (Lipinski definition) is 4. The Kier molecular flexibility index (Phi) is 6.59. The van der Waals surface area contributed by atoms with Gasteiger partial charge >= 0.3 is 6.03 Å². The maximum absolute atomic E-state index is 12.3. The number of likely N-dealkylation sites (tertiary alicyclic amines) is 1. The summed E-state index contributed by atoms with van der Waals surface area (Å²) in [5, 5.41) is 20.7. The van der Waals surface area contributed by atoms with Gasteiger partial charge in [-0.15, -0.1) is 0 Å². The second-order valence-electron chi connectivity index (χ2n) is 5.96. The zero-order valence-corrected chi connectivity index (χ0v) is 15.0. The molecule has 132 valence electrons. The molecule has 24 heavy (non-hydrogen) atoms. The number of nitrogens with zero attached hydrogens (tertiary/aromatic N) is 1. The lowest BCUT2D eigenvalue weighted by Gasteiger charge is -2.33. The number of nitrogens with one attached hydrogen (secondary N) is 2. The van der Waals surface area contributed by atoms with Gasteiger partial charge < -0.3 is 15.3 Å². The van der Waals surface area contributed by atoms with Gasteiger partial charge in [0.05, 0.1) is 6.10 Å². The third-order valence-corrected chi connectivity index (χ3v) is 4.81. The molecule has 1 aliphatic rings. The summed E-state index contributed by atoms with van der Waals surface area (Å²) >= 11 is 3.42. The van der Waals surface area contributed by atoms with Crippen LogP contribution < -0.4 is 10.8 Å². The van der Waals surface area contributed by atoms with Crippen LogP contribution in [0.1, 0.15) is 31.2 Å². The van der Waals surface area contributed by atoms with Crippen molar-refractivity contribution in [3.8, 4) is 0 Å². The number of halogens is 1. The third kappa shape index (κ3) is 4.68. The van der Waals surface area contributed by atoms with E-state index in [1.165, 1.54) is 18.0 Å². The maximum Gasteiger partial charge on any atom is 0.318 e. The first kappa shape index (κ1) is 18.7. The largest absolute Gasteiger partial charge is 0.391 e. The molecule has 0 bridgehead atoms. The van der Waals surface area contributed by atoms with Crippen LogP contribution in [0.5, 0.6) is 0 Å². The van der Waals surface area contributed by atoms with Crippen molar-refractivity contribution in [3.05, 3.63) is 34.3 Å². The van der Waals surface area contributed by atoms with Crippen molar-refractivity contribution in [2.24, 2.45) is 0 Å². The molecule has 2 rings (SSSR count). The molecule has 8 heteroatoms. The number of aliphatic hydroxyl groups excluding tert-OH is 1. The Morgan fingerprint density at radius 1 is 1.25 bits per heavy atom. The number of amides is 3. The molecular weight excluding hydrogens is 378 g/mol.